The maximum atomic E-state index is 10.8. The van der Waals surface area contributed by atoms with Gasteiger partial charge in [-0.2, -0.15) is 15.5 Å². The first-order valence-electron chi connectivity index (χ1n) is 4.81. The molecule has 0 atom stereocenters. The third-order valence-electron chi connectivity index (χ3n) is 2.28. The molecule has 12 heteroatoms. The van der Waals surface area contributed by atoms with Gasteiger partial charge in [0.05, 0.1) is 12.7 Å². The van der Waals surface area contributed by atoms with E-state index < -0.39 is 19.8 Å². The average molecular weight is 285 g/mol. The number of rotatable bonds is 5. The van der Waals surface area contributed by atoms with Crippen molar-refractivity contribution in [2.45, 2.75) is 5.41 Å². The topological polar surface area (TPSA) is 174 Å². The van der Waals surface area contributed by atoms with E-state index in [9.17, 15) is 9.83 Å². The third-order valence-corrected chi connectivity index (χ3v) is 2.74. The van der Waals surface area contributed by atoms with Gasteiger partial charge in [-0.1, -0.05) is 0 Å². The maximum absolute atomic E-state index is 10.8. The zero-order valence-electron chi connectivity index (χ0n) is 9.26. The van der Waals surface area contributed by atoms with Crippen LogP contribution >= 0.6 is 7.82 Å². The molecule has 0 aromatic carbocycles. The number of hydrogen-bond acceptors (Lipinski definition) is 7. The Kier molecular flexibility index (Phi) is 3.41. The molecule has 0 aliphatic heterocycles. The van der Waals surface area contributed by atoms with Crippen LogP contribution in [-0.4, -0.2) is 46.8 Å². The van der Waals surface area contributed by atoms with Crippen LogP contribution in [0.5, 0.6) is 0 Å². The van der Waals surface area contributed by atoms with Gasteiger partial charge in [0.1, 0.15) is 12.7 Å². The molecule has 19 heavy (non-hydrogen) atoms. The fourth-order valence-electron chi connectivity index (χ4n) is 1.39. The van der Waals surface area contributed by atoms with Crippen molar-refractivity contribution in [1.29, 1.82) is 5.26 Å². The second kappa shape index (κ2) is 4.87. The highest BCUT2D eigenvalue weighted by Gasteiger charge is 2.43. The summed E-state index contributed by atoms with van der Waals surface area (Å²) in [6, 6.07) is 1.86. The van der Waals surface area contributed by atoms with E-state index in [-0.39, 0.29) is 11.6 Å². The normalized spacial score (nSPS) is 12.3. The van der Waals surface area contributed by atoms with Gasteiger partial charge in [-0.3, -0.25) is 14.7 Å². The van der Waals surface area contributed by atoms with Crippen LogP contribution in [0.15, 0.2) is 12.7 Å². The molecule has 100 valence electrons. The van der Waals surface area contributed by atoms with Crippen molar-refractivity contribution in [2.24, 2.45) is 0 Å². The third kappa shape index (κ3) is 2.67. The van der Waals surface area contributed by atoms with Gasteiger partial charge in [-0.25, -0.2) is 14.5 Å². The molecule has 0 fully saturated rings. The summed E-state index contributed by atoms with van der Waals surface area (Å²) < 4.78 is 15.2. The quantitative estimate of drug-likeness (QED) is 0.494. The first-order chi connectivity index (χ1) is 8.98. The lowest BCUT2D eigenvalue weighted by Crippen LogP contribution is -2.34. The lowest BCUT2D eigenvalue weighted by atomic mass is 9.89. The van der Waals surface area contributed by atoms with Crippen LogP contribution in [0.2, 0.25) is 0 Å². The lowest BCUT2D eigenvalue weighted by molar-refractivity contribution is 0.174. The minimum absolute atomic E-state index is 0.0280. The SMILES string of the molecule is N#CC(COP(=O)(O)O)(c1ncn[nH]1)c1ncn[nH]1. The summed E-state index contributed by atoms with van der Waals surface area (Å²) in [4.78, 5) is 25.1. The van der Waals surface area contributed by atoms with Gasteiger partial charge in [0.2, 0.25) is 0 Å². The number of aromatic nitrogens is 6. The Labute approximate surface area is 105 Å². The van der Waals surface area contributed by atoms with E-state index in [4.69, 9.17) is 9.79 Å². The summed E-state index contributed by atoms with van der Waals surface area (Å²) in [5, 5.41) is 21.4. The van der Waals surface area contributed by atoms with Crippen molar-refractivity contribution >= 4 is 7.82 Å². The number of nitrogens with one attached hydrogen (secondary N) is 2. The Morgan fingerprint density at radius 1 is 1.32 bits per heavy atom. The molecule has 0 saturated carbocycles. The Hall–Kier alpha value is -2.12. The molecule has 11 nitrogen and oxygen atoms in total. The van der Waals surface area contributed by atoms with Gasteiger partial charge >= 0.3 is 7.82 Å². The van der Waals surface area contributed by atoms with Crippen LogP contribution in [-0.2, 0) is 14.5 Å². The molecule has 2 heterocycles. The van der Waals surface area contributed by atoms with Crippen molar-refractivity contribution in [3.8, 4) is 6.07 Å². The Morgan fingerprint density at radius 2 is 1.84 bits per heavy atom. The lowest BCUT2D eigenvalue weighted by Gasteiger charge is -2.21. The van der Waals surface area contributed by atoms with E-state index in [2.05, 4.69) is 34.9 Å². The van der Waals surface area contributed by atoms with Gasteiger partial charge in [-0.05, 0) is 0 Å². The van der Waals surface area contributed by atoms with E-state index >= 15 is 0 Å². The molecule has 0 unspecified atom stereocenters. The van der Waals surface area contributed by atoms with E-state index in [1.807, 2.05) is 6.07 Å². The van der Waals surface area contributed by atoms with Gasteiger partial charge in [0, 0.05) is 0 Å². The summed E-state index contributed by atoms with van der Waals surface area (Å²) in [7, 11) is -4.75. The summed E-state index contributed by atoms with van der Waals surface area (Å²) in [6.07, 6.45) is 2.30. The smallest absolute Gasteiger partial charge is 0.303 e. The van der Waals surface area contributed by atoms with E-state index in [0.29, 0.717) is 0 Å². The standard InChI is InChI=1S/C7H8N7O4P/c8-1-7(2-18-19(15,16)17,5-9-3-11-13-5)6-10-4-12-14-6/h3-4H,2H2,(H,9,11,13)(H,10,12,14)(H2,15,16,17). The van der Waals surface area contributed by atoms with Crippen LogP contribution in [0.4, 0.5) is 0 Å². The molecule has 0 aliphatic carbocycles. The zero-order valence-corrected chi connectivity index (χ0v) is 10.2. The highest BCUT2D eigenvalue weighted by molar-refractivity contribution is 7.46. The number of H-pyrrole nitrogens is 2. The molecule has 2 rings (SSSR count). The number of aromatic amines is 2. The minimum atomic E-state index is -4.75. The van der Waals surface area contributed by atoms with Crippen molar-refractivity contribution in [2.75, 3.05) is 6.61 Å². The van der Waals surface area contributed by atoms with E-state index in [1.165, 1.54) is 0 Å². The number of phosphoric acid groups is 1. The summed E-state index contributed by atoms with van der Waals surface area (Å²) >= 11 is 0. The van der Waals surface area contributed by atoms with Crippen molar-refractivity contribution in [3.05, 3.63) is 24.3 Å². The van der Waals surface area contributed by atoms with Crippen molar-refractivity contribution < 1.29 is 18.9 Å². The Bertz CT molecular complexity index is 578. The van der Waals surface area contributed by atoms with Gasteiger partial charge in [0.25, 0.3) is 0 Å². The van der Waals surface area contributed by atoms with Crippen LogP contribution in [0.25, 0.3) is 0 Å². The van der Waals surface area contributed by atoms with Crippen LogP contribution in [0, 0.1) is 11.3 Å². The summed E-state index contributed by atoms with van der Waals surface area (Å²) in [5.41, 5.74) is -1.67. The summed E-state index contributed by atoms with van der Waals surface area (Å²) in [5.74, 6) is 0.0559. The Balaban J connectivity index is 2.44. The molecule has 0 aliphatic rings. The average Bonchev–Trinajstić information content (AvgIpc) is 3.02. The highest BCUT2D eigenvalue weighted by Crippen LogP contribution is 2.39. The molecule has 4 N–H and O–H groups in total. The number of hydrogen-bond donors (Lipinski definition) is 4. The predicted molar refractivity (Wildman–Crippen MR) is 57.2 cm³/mol. The van der Waals surface area contributed by atoms with E-state index in [0.717, 1.165) is 12.7 Å². The molecular formula is C7H8N7O4P. The zero-order chi connectivity index (χ0) is 13.9. The fraction of sp³-hybridized carbons (Fsp3) is 0.286. The molecule has 2 aromatic rings. The second-order valence-electron chi connectivity index (χ2n) is 3.45. The van der Waals surface area contributed by atoms with Crippen LogP contribution < -0.4 is 0 Å². The monoisotopic (exact) mass is 285 g/mol. The second-order valence-corrected chi connectivity index (χ2v) is 4.69. The molecule has 0 radical (unpaired) electrons. The van der Waals surface area contributed by atoms with Crippen molar-refractivity contribution in [3.63, 3.8) is 0 Å². The minimum Gasteiger partial charge on any atom is -0.303 e. The molecule has 2 aromatic heterocycles. The van der Waals surface area contributed by atoms with Gasteiger partial charge in [-0.15, -0.1) is 0 Å². The summed E-state index contributed by atoms with van der Waals surface area (Å²) in [6.45, 7) is -0.668. The fourth-order valence-corrected chi connectivity index (χ4v) is 1.75. The molecule has 0 amide bonds. The molecule has 0 bridgehead atoms. The number of nitrogens with zero attached hydrogens (tertiary/aromatic N) is 5. The highest BCUT2D eigenvalue weighted by atomic mass is 31.2. The Morgan fingerprint density at radius 3 is 2.16 bits per heavy atom. The van der Waals surface area contributed by atoms with E-state index in [1.54, 1.807) is 0 Å². The van der Waals surface area contributed by atoms with Crippen molar-refractivity contribution in [1.82, 2.24) is 30.4 Å². The van der Waals surface area contributed by atoms with Gasteiger partial charge < -0.3 is 9.79 Å². The molecule has 0 spiro atoms. The maximum Gasteiger partial charge on any atom is 0.469 e. The van der Waals surface area contributed by atoms with Crippen LogP contribution in [0.3, 0.4) is 0 Å². The number of nitriles is 1. The molecule has 0 saturated heterocycles. The van der Waals surface area contributed by atoms with Crippen LogP contribution in [0.1, 0.15) is 11.6 Å². The predicted octanol–water partition coefficient (Wildman–Crippen LogP) is -1.16. The first kappa shape index (κ1) is 13.3. The largest absolute Gasteiger partial charge is 0.469 e. The van der Waals surface area contributed by atoms with Gasteiger partial charge in [0.15, 0.2) is 17.1 Å². The first-order valence-corrected chi connectivity index (χ1v) is 6.34. The molecular weight excluding hydrogens is 277 g/mol. The number of phosphoric ester groups is 1.